The Kier molecular flexibility index (Phi) is 8.18. The summed E-state index contributed by atoms with van der Waals surface area (Å²) < 4.78 is 12.2. The molecule has 0 saturated heterocycles. The highest BCUT2D eigenvalue weighted by atomic mass is 16.5. The number of hydrogen-bond donors (Lipinski definition) is 2. The monoisotopic (exact) mass is 438 g/mol. The van der Waals surface area contributed by atoms with Crippen LogP contribution in [0.1, 0.15) is 30.8 Å². The van der Waals surface area contributed by atoms with Crippen LogP contribution in [0.4, 0.5) is 4.79 Å². The molecule has 2 rings (SSSR count). The van der Waals surface area contributed by atoms with E-state index in [0.29, 0.717) is 12.1 Å². The molecule has 0 aliphatic carbocycles. The maximum Gasteiger partial charge on any atom is 0.349 e. The number of hydrogen-bond acceptors (Lipinski definition) is 6. The molecular weight excluding hydrogens is 412 g/mol. The van der Waals surface area contributed by atoms with E-state index in [-0.39, 0.29) is 5.57 Å². The highest BCUT2D eigenvalue weighted by Crippen LogP contribution is 2.24. The molecule has 0 radical (unpaired) electrons. The van der Waals surface area contributed by atoms with Crippen LogP contribution in [0.2, 0.25) is 0 Å². The number of ether oxygens (including phenoxy) is 2. The minimum absolute atomic E-state index is 0.266. The highest BCUT2D eigenvalue weighted by molar-refractivity contribution is 6.01. The van der Waals surface area contributed by atoms with Crippen molar-refractivity contribution in [2.24, 2.45) is 0 Å². The van der Waals surface area contributed by atoms with Crippen LogP contribution < -0.4 is 15.4 Å². The van der Waals surface area contributed by atoms with Gasteiger partial charge in [0.05, 0.1) is 7.11 Å². The lowest BCUT2D eigenvalue weighted by Crippen LogP contribution is -2.44. The van der Waals surface area contributed by atoms with E-state index in [1.807, 2.05) is 54.8 Å². The molecule has 2 N–H and O–H groups in total. The number of esters is 1. The lowest BCUT2D eigenvalue weighted by Gasteiger charge is -2.12. The standard InChI is InChI=1S/C23H26N4O5/c1-6-25-23(30)26-21(28)16(4)32-22(29)18(13-24)12-17-11-14(2)27(15(17)3)19-7-9-20(31-5)10-8-19/h7-12,16H,6H2,1-5H3,(H2,25,26,28,30)/b18-12+. The fourth-order valence-corrected chi connectivity index (χ4v) is 3.05. The SMILES string of the molecule is CCNC(=O)NC(=O)C(C)OC(=O)/C(C#N)=C/c1cc(C)n(-c2ccc(OC)cc2)c1C. The van der Waals surface area contributed by atoms with E-state index in [9.17, 15) is 19.6 Å². The highest BCUT2D eigenvalue weighted by Gasteiger charge is 2.22. The van der Waals surface area contributed by atoms with Crippen LogP contribution in [0, 0.1) is 25.2 Å². The van der Waals surface area contributed by atoms with Gasteiger partial charge in [0.25, 0.3) is 5.91 Å². The second-order valence-corrected chi connectivity index (χ2v) is 6.93. The van der Waals surface area contributed by atoms with Gasteiger partial charge in [-0.3, -0.25) is 10.1 Å². The van der Waals surface area contributed by atoms with Crippen molar-refractivity contribution in [3.8, 4) is 17.5 Å². The summed E-state index contributed by atoms with van der Waals surface area (Å²) in [5.74, 6) is -1.02. The summed E-state index contributed by atoms with van der Waals surface area (Å²) >= 11 is 0. The predicted octanol–water partition coefficient (Wildman–Crippen LogP) is 2.79. The van der Waals surface area contributed by atoms with Crippen LogP contribution in [0.5, 0.6) is 5.75 Å². The van der Waals surface area contributed by atoms with Crippen LogP contribution in [0.25, 0.3) is 11.8 Å². The zero-order valence-electron chi connectivity index (χ0n) is 18.7. The van der Waals surface area contributed by atoms with Crippen LogP contribution in [-0.2, 0) is 14.3 Å². The molecule has 1 aromatic heterocycles. The van der Waals surface area contributed by atoms with Crippen molar-refractivity contribution in [1.82, 2.24) is 15.2 Å². The van der Waals surface area contributed by atoms with Crippen molar-refractivity contribution >= 4 is 24.0 Å². The summed E-state index contributed by atoms with van der Waals surface area (Å²) in [6.07, 6.45) is 0.160. The molecule has 2 aromatic rings. The summed E-state index contributed by atoms with van der Waals surface area (Å²) in [7, 11) is 1.59. The summed E-state index contributed by atoms with van der Waals surface area (Å²) in [4.78, 5) is 35.9. The Morgan fingerprint density at radius 3 is 2.44 bits per heavy atom. The van der Waals surface area contributed by atoms with E-state index in [1.165, 1.54) is 13.0 Å². The molecule has 1 atom stereocenters. The van der Waals surface area contributed by atoms with Crippen molar-refractivity contribution in [3.05, 3.63) is 52.9 Å². The number of rotatable bonds is 7. The molecule has 0 aliphatic heterocycles. The second kappa shape index (κ2) is 10.8. The van der Waals surface area contributed by atoms with E-state index in [1.54, 1.807) is 14.0 Å². The number of benzene rings is 1. The molecule has 0 fully saturated rings. The number of aromatic nitrogens is 1. The Morgan fingerprint density at radius 1 is 1.22 bits per heavy atom. The number of urea groups is 1. The predicted molar refractivity (Wildman–Crippen MR) is 118 cm³/mol. The van der Waals surface area contributed by atoms with E-state index >= 15 is 0 Å². The lowest BCUT2D eigenvalue weighted by atomic mass is 10.1. The number of carbonyl (C=O) groups excluding carboxylic acids is 3. The normalized spacial score (nSPS) is 11.8. The Bertz CT molecular complexity index is 1080. The minimum atomic E-state index is -1.26. The first-order chi connectivity index (χ1) is 15.2. The molecule has 0 aliphatic rings. The van der Waals surface area contributed by atoms with Crippen LogP contribution in [-0.4, -0.2) is 42.2 Å². The molecule has 1 heterocycles. The number of imide groups is 1. The first-order valence-electron chi connectivity index (χ1n) is 9.96. The fourth-order valence-electron chi connectivity index (χ4n) is 3.05. The molecule has 0 spiro atoms. The van der Waals surface area contributed by atoms with Crippen molar-refractivity contribution in [1.29, 1.82) is 5.26 Å². The summed E-state index contributed by atoms with van der Waals surface area (Å²) in [5.41, 5.74) is 3.01. The van der Waals surface area contributed by atoms with Gasteiger partial charge in [-0.2, -0.15) is 5.26 Å². The number of amides is 3. The van der Waals surface area contributed by atoms with Crippen molar-refractivity contribution < 1.29 is 23.9 Å². The first kappa shape index (κ1) is 24.2. The molecule has 1 aromatic carbocycles. The van der Waals surface area contributed by atoms with Crippen molar-refractivity contribution in [2.75, 3.05) is 13.7 Å². The maximum atomic E-state index is 12.4. The van der Waals surface area contributed by atoms with Crippen molar-refractivity contribution in [2.45, 2.75) is 33.8 Å². The molecule has 1 unspecified atom stereocenters. The molecule has 0 saturated carbocycles. The van der Waals surface area contributed by atoms with Gasteiger partial charge in [-0.05, 0) is 69.7 Å². The number of nitrogens with one attached hydrogen (secondary N) is 2. The molecule has 3 amide bonds. The number of aryl methyl sites for hydroxylation is 1. The molecule has 9 nitrogen and oxygen atoms in total. The van der Waals surface area contributed by atoms with Crippen LogP contribution >= 0.6 is 0 Å². The number of nitrogens with zero attached hydrogens (tertiary/aromatic N) is 2. The maximum absolute atomic E-state index is 12.4. The van der Waals surface area contributed by atoms with Gasteiger partial charge in [-0.15, -0.1) is 0 Å². The van der Waals surface area contributed by atoms with Gasteiger partial charge < -0.3 is 19.4 Å². The largest absolute Gasteiger partial charge is 0.497 e. The molecule has 168 valence electrons. The molecular formula is C23H26N4O5. The minimum Gasteiger partial charge on any atom is -0.497 e. The summed E-state index contributed by atoms with van der Waals surface area (Å²) in [5, 5.41) is 13.9. The zero-order chi connectivity index (χ0) is 23.8. The summed E-state index contributed by atoms with van der Waals surface area (Å²) in [6, 6.07) is 10.5. The Labute approximate surface area is 186 Å². The Morgan fingerprint density at radius 2 is 1.88 bits per heavy atom. The average molecular weight is 438 g/mol. The first-order valence-corrected chi connectivity index (χ1v) is 9.96. The average Bonchev–Trinajstić information content (AvgIpc) is 3.04. The van der Waals surface area contributed by atoms with Crippen molar-refractivity contribution in [3.63, 3.8) is 0 Å². The number of carbonyl (C=O) groups is 3. The molecule has 0 bridgehead atoms. The molecule has 32 heavy (non-hydrogen) atoms. The van der Waals surface area contributed by atoms with Gasteiger partial charge in [0.2, 0.25) is 0 Å². The van der Waals surface area contributed by atoms with Gasteiger partial charge in [-0.1, -0.05) is 0 Å². The van der Waals surface area contributed by atoms with Gasteiger partial charge in [0, 0.05) is 23.6 Å². The van der Waals surface area contributed by atoms with E-state index in [2.05, 4.69) is 10.6 Å². The smallest absolute Gasteiger partial charge is 0.349 e. The van der Waals surface area contributed by atoms with Crippen LogP contribution in [0.3, 0.4) is 0 Å². The number of methoxy groups -OCH3 is 1. The van der Waals surface area contributed by atoms with Gasteiger partial charge in [0.15, 0.2) is 6.10 Å². The van der Waals surface area contributed by atoms with E-state index < -0.39 is 24.0 Å². The third-order valence-corrected chi connectivity index (χ3v) is 4.67. The Balaban J connectivity index is 2.22. The lowest BCUT2D eigenvalue weighted by molar-refractivity contribution is -0.150. The van der Waals surface area contributed by atoms with Gasteiger partial charge in [0.1, 0.15) is 17.4 Å². The van der Waals surface area contributed by atoms with Gasteiger partial charge in [-0.25, -0.2) is 9.59 Å². The third-order valence-electron chi connectivity index (χ3n) is 4.67. The topological polar surface area (TPSA) is 122 Å². The van der Waals surface area contributed by atoms with Gasteiger partial charge >= 0.3 is 12.0 Å². The number of nitriles is 1. The second-order valence-electron chi connectivity index (χ2n) is 6.93. The van der Waals surface area contributed by atoms with Crippen LogP contribution in [0.15, 0.2) is 35.9 Å². The summed E-state index contributed by atoms with van der Waals surface area (Å²) in [6.45, 7) is 7.13. The Hall–Kier alpha value is -4.06. The molecule has 9 heteroatoms. The van der Waals surface area contributed by atoms with E-state index in [4.69, 9.17) is 9.47 Å². The quantitative estimate of drug-likeness (QED) is 0.389. The zero-order valence-corrected chi connectivity index (χ0v) is 18.7. The third kappa shape index (κ3) is 5.76. The van der Waals surface area contributed by atoms with E-state index in [0.717, 1.165) is 22.8 Å². The fraction of sp³-hybridized carbons (Fsp3) is 0.304.